The maximum absolute atomic E-state index is 11.5. The van der Waals surface area contributed by atoms with Gasteiger partial charge in [0.2, 0.25) is 0 Å². The molecule has 1 fully saturated rings. The van der Waals surface area contributed by atoms with Gasteiger partial charge in [-0.25, -0.2) is 4.79 Å². The SMILES string of the molecule is O=C(CCOCCOCCNCCCN1C(=O)C=CC1=O)ON1C(=O)CCC1=O. The van der Waals surface area contributed by atoms with E-state index in [1.54, 1.807) is 0 Å². The van der Waals surface area contributed by atoms with Crippen molar-refractivity contribution in [3.05, 3.63) is 12.2 Å². The average molecular weight is 411 g/mol. The lowest BCUT2D eigenvalue weighted by atomic mass is 10.4. The van der Waals surface area contributed by atoms with Crippen LogP contribution in [0.4, 0.5) is 0 Å². The van der Waals surface area contributed by atoms with Crippen LogP contribution in [0.1, 0.15) is 25.7 Å². The van der Waals surface area contributed by atoms with Gasteiger partial charge in [-0.15, -0.1) is 5.06 Å². The monoisotopic (exact) mass is 411 g/mol. The van der Waals surface area contributed by atoms with E-state index < -0.39 is 17.8 Å². The molecule has 4 amide bonds. The van der Waals surface area contributed by atoms with Gasteiger partial charge in [-0.1, -0.05) is 0 Å². The molecule has 0 aromatic rings. The second-order valence-corrected chi connectivity index (χ2v) is 6.28. The first-order valence-corrected chi connectivity index (χ1v) is 9.45. The van der Waals surface area contributed by atoms with Crippen molar-refractivity contribution >= 4 is 29.6 Å². The van der Waals surface area contributed by atoms with Crippen molar-refractivity contribution in [3.63, 3.8) is 0 Å². The van der Waals surface area contributed by atoms with Gasteiger partial charge in [-0.3, -0.25) is 24.1 Å². The van der Waals surface area contributed by atoms with Gasteiger partial charge < -0.3 is 19.6 Å². The van der Waals surface area contributed by atoms with Gasteiger partial charge in [0.25, 0.3) is 23.6 Å². The molecule has 0 spiro atoms. The Hall–Kier alpha value is -2.63. The van der Waals surface area contributed by atoms with E-state index in [1.165, 1.54) is 17.1 Å². The predicted molar refractivity (Wildman–Crippen MR) is 96.8 cm³/mol. The smallest absolute Gasteiger partial charge is 0.335 e. The number of hydrogen-bond acceptors (Lipinski definition) is 9. The average Bonchev–Trinajstić information content (AvgIpc) is 3.18. The Balaban J connectivity index is 1.35. The summed E-state index contributed by atoms with van der Waals surface area (Å²) in [5.41, 5.74) is 0. The number of hydrogen-bond donors (Lipinski definition) is 1. The lowest BCUT2D eigenvalue weighted by Gasteiger charge is -2.13. The summed E-state index contributed by atoms with van der Waals surface area (Å²) >= 11 is 0. The van der Waals surface area contributed by atoms with E-state index in [0.29, 0.717) is 50.9 Å². The van der Waals surface area contributed by atoms with Crippen molar-refractivity contribution in [1.29, 1.82) is 0 Å². The molecular weight excluding hydrogens is 386 g/mol. The number of carbonyl (C=O) groups is 5. The first-order chi connectivity index (χ1) is 14.0. The molecule has 0 aliphatic carbocycles. The van der Waals surface area contributed by atoms with Crippen LogP contribution in [-0.4, -0.2) is 85.6 Å². The van der Waals surface area contributed by atoms with E-state index in [9.17, 15) is 24.0 Å². The number of ether oxygens (including phenoxy) is 2. The van der Waals surface area contributed by atoms with Gasteiger partial charge in [0.05, 0.1) is 32.8 Å². The zero-order chi connectivity index (χ0) is 21.1. The molecule has 11 heteroatoms. The number of imide groups is 2. The highest BCUT2D eigenvalue weighted by Gasteiger charge is 2.32. The molecule has 2 heterocycles. The molecule has 0 unspecified atom stereocenters. The van der Waals surface area contributed by atoms with Crippen LogP contribution in [0, 0.1) is 0 Å². The Bertz CT molecular complexity index is 629. The highest BCUT2D eigenvalue weighted by molar-refractivity contribution is 6.12. The molecule has 1 saturated heterocycles. The van der Waals surface area contributed by atoms with Crippen LogP contribution in [0.2, 0.25) is 0 Å². The van der Waals surface area contributed by atoms with Crippen LogP contribution in [0.5, 0.6) is 0 Å². The fourth-order valence-corrected chi connectivity index (χ4v) is 2.57. The molecule has 11 nitrogen and oxygen atoms in total. The maximum Gasteiger partial charge on any atom is 0.335 e. The summed E-state index contributed by atoms with van der Waals surface area (Å²) in [6.45, 7) is 2.86. The highest BCUT2D eigenvalue weighted by Crippen LogP contribution is 2.12. The second-order valence-electron chi connectivity index (χ2n) is 6.28. The molecule has 0 bridgehead atoms. The van der Waals surface area contributed by atoms with Gasteiger partial charge in [0.15, 0.2) is 0 Å². The third-order valence-corrected chi connectivity index (χ3v) is 4.08. The molecule has 0 atom stereocenters. The quantitative estimate of drug-likeness (QED) is 0.280. The molecule has 0 radical (unpaired) electrons. The van der Waals surface area contributed by atoms with Crippen LogP contribution < -0.4 is 5.32 Å². The van der Waals surface area contributed by atoms with Crippen molar-refractivity contribution in [1.82, 2.24) is 15.3 Å². The fraction of sp³-hybridized carbons (Fsp3) is 0.611. The largest absolute Gasteiger partial charge is 0.378 e. The van der Waals surface area contributed by atoms with E-state index in [1.807, 2.05) is 0 Å². The van der Waals surface area contributed by atoms with Gasteiger partial charge in [0, 0.05) is 38.1 Å². The summed E-state index contributed by atoms with van der Waals surface area (Å²) in [4.78, 5) is 62.8. The van der Waals surface area contributed by atoms with Crippen molar-refractivity contribution in [3.8, 4) is 0 Å². The molecule has 2 rings (SSSR count). The van der Waals surface area contributed by atoms with Crippen molar-refractivity contribution in [2.75, 3.05) is 46.1 Å². The van der Waals surface area contributed by atoms with Crippen LogP contribution in [-0.2, 0) is 38.3 Å². The topological polar surface area (TPSA) is 132 Å². The third kappa shape index (κ3) is 7.72. The number of nitrogens with one attached hydrogen (secondary N) is 1. The van der Waals surface area contributed by atoms with E-state index >= 15 is 0 Å². The first-order valence-electron chi connectivity index (χ1n) is 9.45. The summed E-state index contributed by atoms with van der Waals surface area (Å²) in [5.74, 6) is -2.27. The molecule has 0 saturated carbocycles. The van der Waals surface area contributed by atoms with Crippen LogP contribution >= 0.6 is 0 Å². The Morgan fingerprint density at radius 3 is 2.17 bits per heavy atom. The Kier molecular flexibility index (Phi) is 9.41. The van der Waals surface area contributed by atoms with E-state index in [4.69, 9.17) is 14.3 Å². The Labute approximate surface area is 167 Å². The third-order valence-electron chi connectivity index (χ3n) is 4.08. The molecule has 160 valence electrons. The molecule has 29 heavy (non-hydrogen) atoms. The molecule has 0 aromatic heterocycles. The van der Waals surface area contributed by atoms with Gasteiger partial charge >= 0.3 is 5.97 Å². The van der Waals surface area contributed by atoms with Gasteiger partial charge in [-0.2, -0.15) is 0 Å². The predicted octanol–water partition coefficient (Wildman–Crippen LogP) is -1.08. The minimum atomic E-state index is -0.702. The molecular formula is C18H25N3O8. The van der Waals surface area contributed by atoms with Crippen molar-refractivity contribution in [2.24, 2.45) is 0 Å². The number of carbonyl (C=O) groups excluding carboxylic acids is 5. The Morgan fingerprint density at radius 2 is 1.52 bits per heavy atom. The number of amides is 4. The van der Waals surface area contributed by atoms with E-state index in [0.717, 1.165) is 0 Å². The molecule has 1 N–H and O–H groups in total. The zero-order valence-electron chi connectivity index (χ0n) is 16.1. The van der Waals surface area contributed by atoms with E-state index in [-0.39, 0.29) is 37.7 Å². The standard InChI is InChI=1S/C18H25N3O8/c22-14-2-3-15(23)20(14)9-1-7-19-8-11-28-13-12-27-10-6-18(26)29-21-16(24)4-5-17(21)25/h2-3,19H,1,4-13H2. The Morgan fingerprint density at radius 1 is 0.897 bits per heavy atom. The van der Waals surface area contributed by atoms with Crippen LogP contribution in [0.15, 0.2) is 12.2 Å². The first kappa shape index (κ1) is 22.7. The fourth-order valence-electron chi connectivity index (χ4n) is 2.57. The maximum atomic E-state index is 11.5. The summed E-state index contributed by atoms with van der Waals surface area (Å²) in [6.07, 6.45) is 3.24. The number of hydroxylamine groups is 2. The summed E-state index contributed by atoms with van der Waals surface area (Å²) in [5, 5.41) is 3.65. The van der Waals surface area contributed by atoms with Gasteiger partial charge in [-0.05, 0) is 13.0 Å². The van der Waals surface area contributed by atoms with Gasteiger partial charge in [0.1, 0.15) is 0 Å². The highest BCUT2D eigenvalue weighted by atomic mass is 16.7. The summed E-state index contributed by atoms with van der Waals surface area (Å²) in [6, 6.07) is 0. The zero-order valence-corrected chi connectivity index (χ0v) is 16.1. The minimum Gasteiger partial charge on any atom is -0.378 e. The molecule has 0 aromatic carbocycles. The number of rotatable bonds is 14. The van der Waals surface area contributed by atoms with E-state index in [2.05, 4.69) is 5.32 Å². The normalized spacial score (nSPS) is 16.4. The molecule has 2 aliphatic rings. The van der Waals surface area contributed by atoms with Crippen molar-refractivity contribution in [2.45, 2.75) is 25.7 Å². The van der Waals surface area contributed by atoms with Crippen molar-refractivity contribution < 1.29 is 38.3 Å². The summed E-state index contributed by atoms with van der Waals surface area (Å²) in [7, 11) is 0. The minimum absolute atomic E-state index is 0.0596. The molecule has 2 aliphatic heterocycles. The van der Waals surface area contributed by atoms with Crippen LogP contribution in [0.25, 0.3) is 0 Å². The lowest BCUT2D eigenvalue weighted by molar-refractivity contribution is -0.198. The van der Waals surface area contributed by atoms with Crippen LogP contribution in [0.3, 0.4) is 0 Å². The lowest BCUT2D eigenvalue weighted by Crippen LogP contribution is -2.33. The second kappa shape index (κ2) is 12.0. The summed E-state index contributed by atoms with van der Waals surface area (Å²) < 4.78 is 10.6. The number of nitrogens with zero attached hydrogens (tertiary/aromatic N) is 2.